The van der Waals surface area contributed by atoms with Crippen molar-refractivity contribution in [3.05, 3.63) is 30.3 Å². The van der Waals surface area contributed by atoms with Crippen LogP contribution in [0.3, 0.4) is 0 Å². The normalized spacial score (nSPS) is 18.3. The number of carbonyl (C=O) groups excluding carboxylic acids is 1. The molecule has 25 heavy (non-hydrogen) atoms. The number of benzene rings is 1. The Morgan fingerprint density at radius 1 is 1.36 bits per heavy atom. The predicted octanol–water partition coefficient (Wildman–Crippen LogP) is 3.68. The van der Waals surface area contributed by atoms with Gasteiger partial charge in [-0.05, 0) is 51.7 Å². The molecule has 140 valence electrons. The summed E-state index contributed by atoms with van der Waals surface area (Å²) in [5.41, 5.74) is 6.38. The third kappa shape index (κ3) is 7.94. The molecule has 1 fully saturated rings. The van der Waals surface area contributed by atoms with Crippen LogP contribution in [0.25, 0.3) is 0 Å². The predicted molar refractivity (Wildman–Crippen MR) is 113 cm³/mol. The highest BCUT2D eigenvalue weighted by molar-refractivity contribution is 14.0. The number of nitrogens with two attached hydrogens (primary N) is 1. The van der Waals surface area contributed by atoms with Crippen molar-refractivity contribution in [1.29, 1.82) is 0 Å². The molecule has 0 spiro atoms. The molecule has 0 bridgehead atoms. The van der Waals surface area contributed by atoms with E-state index in [2.05, 4.69) is 10.3 Å². The van der Waals surface area contributed by atoms with E-state index in [0.29, 0.717) is 25.0 Å². The van der Waals surface area contributed by atoms with Crippen molar-refractivity contribution >= 4 is 41.7 Å². The van der Waals surface area contributed by atoms with Crippen LogP contribution in [0.15, 0.2) is 35.3 Å². The Morgan fingerprint density at radius 3 is 2.68 bits per heavy atom. The molecule has 1 unspecified atom stereocenters. The van der Waals surface area contributed by atoms with E-state index in [1.165, 1.54) is 0 Å². The fourth-order valence-electron chi connectivity index (χ4n) is 2.64. The molecule has 0 saturated carbocycles. The van der Waals surface area contributed by atoms with Gasteiger partial charge in [0.05, 0.1) is 0 Å². The number of nitrogens with one attached hydrogen (secondary N) is 1. The average molecular weight is 460 g/mol. The van der Waals surface area contributed by atoms with Crippen molar-refractivity contribution < 1.29 is 9.53 Å². The number of amides is 1. The molecule has 1 amide bonds. The van der Waals surface area contributed by atoms with Gasteiger partial charge in [0.2, 0.25) is 0 Å². The highest BCUT2D eigenvalue weighted by Crippen LogP contribution is 2.19. The molecule has 2 rings (SSSR count). The molecule has 1 atom stereocenters. The lowest BCUT2D eigenvalue weighted by Gasteiger charge is -2.33. The number of anilines is 1. The summed E-state index contributed by atoms with van der Waals surface area (Å²) in [6, 6.07) is 9.71. The molecule has 7 heteroatoms. The van der Waals surface area contributed by atoms with Crippen molar-refractivity contribution in [2.75, 3.05) is 25.0 Å². The summed E-state index contributed by atoms with van der Waals surface area (Å²) in [5, 5.41) is 3.07. The molecule has 1 heterocycles. The Hall–Kier alpha value is -1.51. The minimum Gasteiger partial charge on any atom is -0.444 e. The van der Waals surface area contributed by atoms with Crippen LogP contribution in [-0.4, -0.2) is 42.2 Å². The lowest BCUT2D eigenvalue weighted by Crippen LogP contribution is -2.43. The Kier molecular flexibility index (Phi) is 8.47. The van der Waals surface area contributed by atoms with Crippen molar-refractivity contribution in [2.45, 2.75) is 39.2 Å². The number of halogens is 1. The monoisotopic (exact) mass is 460 g/mol. The maximum absolute atomic E-state index is 12.2. The summed E-state index contributed by atoms with van der Waals surface area (Å²) in [4.78, 5) is 18.4. The molecule has 6 nitrogen and oxygen atoms in total. The number of hydrogen-bond acceptors (Lipinski definition) is 3. The molecule has 1 aliphatic rings. The fraction of sp³-hybridized carbons (Fsp3) is 0.556. The van der Waals surface area contributed by atoms with Crippen LogP contribution in [0, 0.1) is 5.92 Å². The van der Waals surface area contributed by atoms with Gasteiger partial charge in [0.15, 0.2) is 5.96 Å². The number of guanidine groups is 1. The standard InChI is InChI=1S/C18H28N4O2.HI/c1-18(2,3)24-17(23)22-11-7-8-14(13-22)12-20-16(19)21-15-9-5-4-6-10-15;/h4-6,9-10,14H,7-8,11-13H2,1-3H3,(H3,19,20,21);1H. The molecule has 0 aliphatic carbocycles. The zero-order valence-electron chi connectivity index (χ0n) is 15.2. The van der Waals surface area contributed by atoms with Crippen molar-refractivity contribution in [3.63, 3.8) is 0 Å². The van der Waals surface area contributed by atoms with Gasteiger partial charge in [-0.15, -0.1) is 24.0 Å². The highest BCUT2D eigenvalue weighted by atomic mass is 127. The Morgan fingerprint density at radius 2 is 2.04 bits per heavy atom. The zero-order valence-corrected chi connectivity index (χ0v) is 17.5. The number of likely N-dealkylation sites (tertiary alicyclic amines) is 1. The van der Waals surface area contributed by atoms with Crippen LogP contribution in [0.5, 0.6) is 0 Å². The van der Waals surface area contributed by atoms with Gasteiger partial charge < -0.3 is 20.7 Å². The minimum atomic E-state index is -0.466. The van der Waals surface area contributed by atoms with Crippen LogP contribution in [0.1, 0.15) is 33.6 Å². The lowest BCUT2D eigenvalue weighted by atomic mass is 9.98. The van der Waals surface area contributed by atoms with Gasteiger partial charge in [0, 0.05) is 25.3 Å². The molecule has 3 N–H and O–H groups in total. The van der Waals surface area contributed by atoms with Crippen LogP contribution < -0.4 is 11.1 Å². The van der Waals surface area contributed by atoms with Crippen LogP contribution >= 0.6 is 24.0 Å². The van der Waals surface area contributed by atoms with Gasteiger partial charge in [-0.2, -0.15) is 0 Å². The van der Waals surface area contributed by atoms with Gasteiger partial charge in [0.25, 0.3) is 0 Å². The number of rotatable bonds is 3. The van der Waals surface area contributed by atoms with Crippen LogP contribution in [-0.2, 0) is 4.74 Å². The first-order valence-corrected chi connectivity index (χ1v) is 8.43. The van der Waals surface area contributed by atoms with Crippen molar-refractivity contribution in [3.8, 4) is 0 Å². The molecular formula is C18H29IN4O2. The maximum atomic E-state index is 12.2. The second-order valence-electron chi connectivity index (χ2n) is 7.15. The SMILES string of the molecule is CC(C)(C)OC(=O)N1CCCC(CN=C(N)Nc2ccccc2)C1.I. The van der Waals surface area contributed by atoms with Gasteiger partial charge in [-0.3, -0.25) is 4.99 Å². The van der Waals surface area contributed by atoms with E-state index in [-0.39, 0.29) is 30.1 Å². The van der Waals surface area contributed by atoms with Gasteiger partial charge >= 0.3 is 6.09 Å². The summed E-state index contributed by atoms with van der Waals surface area (Å²) >= 11 is 0. The Labute approximate surface area is 167 Å². The first kappa shape index (κ1) is 21.5. The Balaban J connectivity index is 0.00000312. The quantitative estimate of drug-likeness (QED) is 0.410. The average Bonchev–Trinajstić information content (AvgIpc) is 2.53. The molecule has 0 radical (unpaired) electrons. The van der Waals surface area contributed by atoms with E-state index in [1.54, 1.807) is 4.90 Å². The minimum absolute atomic E-state index is 0. The first-order valence-electron chi connectivity index (χ1n) is 8.43. The number of nitrogens with zero attached hydrogens (tertiary/aromatic N) is 2. The molecule has 1 saturated heterocycles. The number of para-hydroxylation sites is 1. The van der Waals surface area contributed by atoms with E-state index in [9.17, 15) is 4.79 Å². The molecular weight excluding hydrogens is 431 g/mol. The second kappa shape index (κ2) is 9.84. The van der Waals surface area contributed by atoms with Crippen LogP contribution in [0.4, 0.5) is 10.5 Å². The van der Waals surface area contributed by atoms with E-state index in [4.69, 9.17) is 10.5 Å². The number of piperidine rings is 1. The van der Waals surface area contributed by atoms with E-state index < -0.39 is 5.60 Å². The summed E-state index contributed by atoms with van der Waals surface area (Å²) in [6.45, 7) is 7.65. The third-order valence-electron chi connectivity index (χ3n) is 3.74. The molecule has 1 aromatic carbocycles. The van der Waals surface area contributed by atoms with Gasteiger partial charge in [0.1, 0.15) is 5.60 Å². The van der Waals surface area contributed by atoms with Gasteiger partial charge in [-0.1, -0.05) is 18.2 Å². The second-order valence-corrected chi connectivity index (χ2v) is 7.15. The molecule has 0 aromatic heterocycles. The summed E-state index contributed by atoms with van der Waals surface area (Å²) in [5.74, 6) is 0.706. The lowest BCUT2D eigenvalue weighted by molar-refractivity contribution is 0.0171. The van der Waals surface area contributed by atoms with Gasteiger partial charge in [-0.25, -0.2) is 4.79 Å². The number of hydrogen-bond donors (Lipinski definition) is 2. The number of carbonyl (C=O) groups is 1. The van der Waals surface area contributed by atoms with E-state index in [1.807, 2.05) is 51.1 Å². The highest BCUT2D eigenvalue weighted by Gasteiger charge is 2.27. The summed E-state index contributed by atoms with van der Waals surface area (Å²) in [7, 11) is 0. The summed E-state index contributed by atoms with van der Waals surface area (Å²) in [6.07, 6.45) is 1.76. The van der Waals surface area contributed by atoms with Crippen molar-refractivity contribution in [2.24, 2.45) is 16.6 Å². The number of aliphatic imine (C=N–C) groups is 1. The van der Waals surface area contributed by atoms with Crippen LogP contribution in [0.2, 0.25) is 0 Å². The molecule has 1 aromatic rings. The third-order valence-corrected chi connectivity index (χ3v) is 3.74. The van der Waals surface area contributed by atoms with Crippen molar-refractivity contribution in [1.82, 2.24) is 4.90 Å². The first-order chi connectivity index (χ1) is 11.3. The fourth-order valence-corrected chi connectivity index (χ4v) is 2.64. The maximum Gasteiger partial charge on any atom is 0.410 e. The summed E-state index contributed by atoms with van der Waals surface area (Å²) < 4.78 is 5.44. The number of ether oxygens (including phenoxy) is 1. The van der Waals surface area contributed by atoms with E-state index in [0.717, 1.165) is 25.1 Å². The topological polar surface area (TPSA) is 80.0 Å². The molecule has 1 aliphatic heterocycles. The largest absolute Gasteiger partial charge is 0.444 e. The Bertz CT molecular complexity index is 572. The smallest absolute Gasteiger partial charge is 0.410 e. The van der Waals surface area contributed by atoms with E-state index >= 15 is 0 Å². The zero-order chi connectivity index (χ0) is 17.6.